The smallest absolute Gasteiger partial charge is 0.379 e. The van der Waals surface area contributed by atoms with Gasteiger partial charge in [0.25, 0.3) is 10.1 Å². The molecular weight excluding hydrogens is 480 g/mol. The Hall–Kier alpha value is -1.18. The standard InChI is InChI=1S/C9H20O5Si.C7H8O3S.C7H14O/c1-10-15(11-2,12-3)6-4-5-13-7-9-8-14-9;8-11(9,10)6-7-4-2-1-3-5-7;1-3-4-5-6-7(2)8/h9H,4-8H2,1-3H3;1-5H,6H2,(H,8,9,10);3-6H2,1-2H3. The Morgan fingerprint density at radius 3 is 2.12 bits per heavy atom. The average molecular weight is 523 g/mol. The summed E-state index contributed by atoms with van der Waals surface area (Å²) in [5.74, 6) is 0.00634. The Morgan fingerprint density at radius 1 is 1.09 bits per heavy atom. The summed E-state index contributed by atoms with van der Waals surface area (Å²) < 4.78 is 55.5. The number of rotatable bonds is 15. The lowest BCUT2D eigenvalue weighted by Gasteiger charge is -2.24. The van der Waals surface area contributed by atoms with E-state index in [9.17, 15) is 13.2 Å². The Bertz CT molecular complexity index is 728. The van der Waals surface area contributed by atoms with Crippen molar-refractivity contribution < 1.29 is 40.5 Å². The van der Waals surface area contributed by atoms with E-state index in [0.717, 1.165) is 31.9 Å². The van der Waals surface area contributed by atoms with E-state index < -0.39 is 18.9 Å². The number of benzene rings is 1. The normalized spacial score (nSPS) is 14.9. The van der Waals surface area contributed by atoms with Crippen LogP contribution in [0.1, 0.15) is 51.5 Å². The lowest BCUT2D eigenvalue weighted by Crippen LogP contribution is -2.42. The van der Waals surface area contributed by atoms with Gasteiger partial charge in [-0.15, -0.1) is 0 Å². The Morgan fingerprint density at radius 2 is 1.68 bits per heavy atom. The molecule has 1 heterocycles. The molecule has 0 spiro atoms. The quantitative estimate of drug-likeness (QED) is 0.158. The monoisotopic (exact) mass is 522 g/mol. The Balaban J connectivity index is 0.000000507. The first-order chi connectivity index (χ1) is 16.1. The summed E-state index contributed by atoms with van der Waals surface area (Å²) in [6.45, 7) is 6.02. The van der Waals surface area contributed by atoms with Gasteiger partial charge in [-0.2, -0.15) is 8.42 Å². The van der Waals surface area contributed by atoms with Gasteiger partial charge in [0.1, 0.15) is 17.6 Å². The number of hydrogen-bond acceptors (Lipinski definition) is 8. The van der Waals surface area contributed by atoms with Crippen LogP contribution in [0.25, 0.3) is 0 Å². The lowest BCUT2D eigenvalue weighted by atomic mass is 10.2. The van der Waals surface area contributed by atoms with Gasteiger partial charge in [-0.1, -0.05) is 50.1 Å². The third-order valence-electron chi connectivity index (χ3n) is 4.74. The number of ketones is 1. The SMILES string of the molecule is CCCCCC(C)=O.CO[Si](CCCOCC1CO1)(OC)OC.O=S(=O)(O)Cc1ccccc1. The fourth-order valence-electron chi connectivity index (χ4n) is 2.73. The van der Waals surface area contributed by atoms with Gasteiger partial charge >= 0.3 is 8.80 Å². The van der Waals surface area contributed by atoms with Gasteiger partial charge in [-0.3, -0.25) is 4.55 Å². The van der Waals surface area contributed by atoms with Crippen LogP contribution in [0.15, 0.2) is 30.3 Å². The molecule has 1 atom stereocenters. The molecule has 2 rings (SSSR count). The van der Waals surface area contributed by atoms with Crippen molar-refractivity contribution in [1.82, 2.24) is 0 Å². The van der Waals surface area contributed by atoms with Crippen molar-refractivity contribution in [1.29, 1.82) is 0 Å². The van der Waals surface area contributed by atoms with Crippen LogP contribution in [0.3, 0.4) is 0 Å². The summed E-state index contributed by atoms with van der Waals surface area (Å²) in [4.78, 5) is 10.3. The van der Waals surface area contributed by atoms with E-state index >= 15 is 0 Å². The van der Waals surface area contributed by atoms with E-state index in [1.165, 1.54) is 12.8 Å². The number of carbonyl (C=O) groups excluding carboxylic acids is 1. The first-order valence-electron chi connectivity index (χ1n) is 11.4. The number of hydrogen-bond donors (Lipinski definition) is 1. The van der Waals surface area contributed by atoms with Crippen LogP contribution in [0, 0.1) is 0 Å². The second-order valence-electron chi connectivity index (χ2n) is 7.80. The molecule has 1 aromatic carbocycles. The average Bonchev–Trinajstić information content (AvgIpc) is 3.62. The first-order valence-corrected chi connectivity index (χ1v) is 15.0. The van der Waals surface area contributed by atoms with Crippen LogP contribution < -0.4 is 0 Å². The van der Waals surface area contributed by atoms with Gasteiger partial charge in [0.2, 0.25) is 0 Å². The van der Waals surface area contributed by atoms with Gasteiger partial charge in [-0.05, 0) is 25.3 Å². The summed E-state index contributed by atoms with van der Waals surface area (Å²) in [6.07, 6.45) is 5.46. The summed E-state index contributed by atoms with van der Waals surface area (Å²) in [5, 5.41) is 0. The molecule has 1 aliphatic rings. The molecule has 0 aromatic heterocycles. The summed E-state index contributed by atoms with van der Waals surface area (Å²) in [7, 11) is -1.40. The molecule has 1 saturated heterocycles. The van der Waals surface area contributed by atoms with E-state index in [2.05, 4.69) is 6.92 Å². The highest BCUT2D eigenvalue weighted by Gasteiger charge is 2.36. The second-order valence-corrected chi connectivity index (χ2v) is 12.3. The molecule has 0 aliphatic carbocycles. The van der Waals surface area contributed by atoms with Crippen LogP contribution in [-0.4, -0.2) is 74.8 Å². The molecule has 1 aromatic rings. The highest BCUT2D eigenvalue weighted by atomic mass is 32.2. The van der Waals surface area contributed by atoms with Gasteiger partial charge in [0.05, 0.1) is 13.2 Å². The molecule has 1 fully saturated rings. The summed E-state index contributed by atoms with van der Waals surface area (Å²) in [6, 6.07) is 9.30. The zero-order valence-corrected chi connectivity index (χ0v) is 23.0. The van der Waals surface area contributed by atoms with Crippen LogP contribution in [0.5, 0.6) is 0 Å². The van der Waals surface area contributed by atoms with E-state index in [4.69, 9.17) is 27.3 Å². The maximum atomic E-state index is 10.4. The molecule has 0 amide bonds. The van der Waals surface area contributed by atoms with Crippen LogP contribution in [0.4, 0.5) is 0 Å². The Labute approximate surface area is 206 Å². The van der Waals surface area contributed by atoms with Crippen molar-refractivity contribution in [3.63, 3.8) is 0 Å². The van der Waals surface area contributed by atoms with Crippen molar-refractivity contribution in [2.45, 2.75) is 63.9 Å². The van der Waals surface area contributed by atoms with Crippen molar-refractivity contribution in [2.24, 2.45) is 0 Å². The molecule has 1 unspecified atom stereocenters. The van der Waals surface area contributed by atoms with Crippen LogP contribution in [0.2, 0.25) is 6.04 Å². The number of ether oxygens (including phenoxy) is 2. The molecule has 9 nitrogen and oxygen atoms in total. The fraction of sp³-hybridized carbons (Fsp3) is 0.696. The molecule has 34 heavy (non-hydrogen) atoms. The zero-order chi connectivity index (χ0) is 25.9. The minimum atomic E-state index is -3.88. The number of unbranched alkanes of at least 4 members (excludes halogenated alkanes) is 2. The molecular formula is C23H42O9SSi. The number of carbonyl (C=O) groups is 1. The van der Waals surface area contributed by atoms with E-state index in [0.29, 0.717) is 30.7 Å². The van der Waals surface area contributed by atoms with Crippen molar-refractivity contribution in [3.05, 3.63) is 35.9 Å². The minimum absolute atomic E-state index is 0.312. The van der Waals surface area contributed by atoms with Gasteiger partial charge in [0.15, 0.2) is 0 Å². The molecule has 0 bridgehead atoms. The second kappa shape index (κ2) is 19.1. The molecule has 1 aliphatic heterocycles. The maximum absolute atomic E-state index is 10.4. The van der Waals surface area contributed by atoms with Gasteiger partial charge in [0, 0.05) is 40.4 Å². The highest BCUT2D eigenvalue weighted by Crippen LogP contribution is 2.15. The maximum Gasteiger partial charge on any atom is 0.500 e. The summed E-state index contributed by atoms with van der Waals surface area (Å²) in [5.41, 5.74) is 0.593. The lowest BCUT2D eigenvalue weighted by molar-refractivity contribution is -0.117. The first kappa shape index (κ1) is 32.8. The summed E-state index contributed by atoms with van der Waals surface area (Å²) >= 11 is 0. The number of Topliss-reactive ketones (excluding diaryl/α,β-unsaturated/α-hetero) is 1. The topological polar surface area (TPSA) is 121 Å². The molecule has 1 N–H and O–H groups in total. The predicted molar refractivity (Wildman–Crippen MR) is 133 cm³/mol. The minimum Gasteiger partial charge on any atom is -0.379 e. The fourth-order valence-corrected chi connectivity index (χ4v) is 5.04. The number of epoxide rings is 1. The molecule has 0 saturated carbocycles. The van der Waals surface area contributed by atoms with E-state index in [-0.39, 0.29) is 5.75 Å². The van der Waals surface area contributed by atoms with Crippen LogP contribution >= 0.6 is 0 Å². The third-order valence-corrected chi connectivity index (χ3v) is 8.27. The Kier molecular flexibility index (Phi) is 18.4. The highest BCUT2D eigenvalue weighted by molar-refractivity contribution is 7.85. The van der Waals surface area contributed by atoms with Crippen molar-refractivity contribution in [3.8, 4) is 0 Å². The molecule has 11 heteroatoms. The van der Waals surface area contributed by atoms with Crippen molar-refractivity contribution in [2.75, 3.05) is 41.2 Å². The third kappa shape index (κ3) is 19.2. The van der Waals surface area contributed by atoms with Gasteiger partial charge in [-0.25, -0.2) is 0 Å². The van der Waals surface area contributed by atoms with Crippen molar-refractivity contribution >= 4 is 24.7 Å². The van der Waals surface area contributed by atoms with Crippen LogP contribution in [-0.2, 0) is 43.4 Å². The molecule has 198 valence electrons. The van der Waals surface area contributed by atoms with E-state index in [1.54, 1.807) is 58.6 Å². The van der Waals surface area contributed by atoms with Gasteiger partial charge < -0.3 is 27.5 Å². The largest absolute Gasteiger partial charge is 0.500 e. The zero-order valence-electron chi connectivity index (χ0n) is 21.2. The predicted octanol–water partition coefficient (Wildman–Crippen LogP) is 3.90. The van der Waals surface area contributed by atoms with E-state index in [1.807, 2.05) is 0 Å². The molecule has 0 radical (unpaired) electrons.